The molecule has 14 heavy (non-hydrogen) atoms. The van der Waals surface area contributed by atoms with Gasteiger partial charge in [0.2, 0.25) is 4.96 Å². The molecule has 0 saturated heterocycles. The van der Waals surface area contributed by atoms with E-state index in [0.29, 0.717) is 5.52 Å². The first kappa shape index (κ1) is 7.87. The summed E-state index contributed by atoms with van der Waals surface area (Å²) in [5.41, 5.74) is 1.65. The molecule has 0 aliphatic rings. The summed E-state index contributed by atoms with van der Waals surface area (Å²) in [6, 6.07) is 3.25. The molecule has 1 aromatic carbocycles. The maximum absolute atomic E-state index is 13.5. The fourth-order valence-corrected chi connectivity index (χ4v) is 2.57. The zero-order valence-corrected chi connectivity index (χ0v) is 8.18. The minimum atomic E-state index is -0.225. The van der Waals surface area contributed by atoms with Crippen LogP contribution in [-0.2, 0) is 0 Å². The van der Waals surface area contributed by atoms with Gasteiger partial charge in [0, 0.05) is 0 Å². The lowest BCUT2D eigenvalue weighted by molar-refractivity contribution is 0.635. The number of aromatic nitrogens is 3. The van der Waals surface area contributed by atoms with Gasteiger partial charge in [0.1, 0.15) is 17.7 Å². The number of fused-ring (bicyclic) bond motifs is 3. The van der Waals surface area contributed by atoms with Gasteiger partial charge in [0.25, 0.3) is 0 Å². The Bertz CT molecular complexity index is 625. The number of halogens is 1. The van der Waals surface area contributed by atoms with E-state index in [1.54, 1.807) is 10.5 Å². The molecule has 3 aromatic rings. The average Bonchev–Trinajstić information content (AvgIpc) is 2.70. The third kappa shape index (κ3) is 0.846. The second-order valence-corrected chi connectivity index (χ2v) is 4.11. The number of benzene rings is 1. The van der Waals surface area contributed by atoms with Gasteiger partial charge in [-0.3, -0.25) is 4.40 Å². The number of hydrogen-bond donors (Lipinski definition) is 0. The molecule has 0 atom stereocenters. The predicted molar refractivity (Wildman–Crippen MR) is 53.1 cm³/mol. The van der Waals surface area contributed by atoms with Crippen LogP contribution in [0.2, 0.25) is 0 Å². The van der Waals surface area contributed by atoms with Crippen LogP contribution in [0.5, 0.6) is 0 Å². The first-order chi connectivity index (χ1) is 6.77. The highest BCUT2D eigenvalue weighted by Gasteiger charge is 2.11. The third-order valence-corrected chi connectivity index (χ3v) is 3.41. The van der Waals surface area contributed by atoms with E-state index in [9.17, 15) is 4.39 Å². The van der Waals surface area contributed by atoms with Gasteiger partial charge in [0.15, 0.2) is 0 Å². The average molecular weight is 207 g/mol. The molecule has 3 nitrogen and oxygen atoms in total. The van der Waals surface area contributed by atoms with E-state index in [0.717, 1.165) is 15.2 Å². The minimum Gasteiger partial charge on any atom is -0.269 e. The second-order valence-electron chi connectivity index (χ2n) is 3.13. The summed E-state index contributed by atoms with van der Waals surface area (Å²) in [6.45, 7) is 1.96. The van der Waals surface area contributed by atoms with Crippen LogP contribution in [0.15, 0.2) is 18.5 Å². The monoisotopic (exact) mass is 207 g/mol. The van der Waals surface area contributed by atoms with Crippen LogP contribution in [-0.4, -0.2) is 14.6 Å². The number of aryl methyl sites for hydroxylation is 1. The van der Waals surface area contributed by atoms with Gasteiger partial charge < -0.3 is 0 Å². The number of rotatable bonds is 0. The van der Waals surface area contributed by atoms with E-state index in [2.05, 4.69) is 10.2 Å². The predicted octanol–water partition coefficient (Wildman–Crippen LogP) is 2.39. The summed E-state index contributed by atoms with van der Waals surface area (Å²) < 4.78 is 16.2. The van der Waals surface area contributed by atoms with Gasteiger partial charge in [-0.25, -0.2) is 4.39 Å². The van der Waals surface area contributed by atoms with Gasteiger partial charge in [0.05, 0.1) is 4.70 Å². The summed E-state index contributed by atoms with van der Waals surface area (Å²) in [5.74, 6) is -0.225. The number of hydrogen-bond acceptors (Lipinski definition) is 3. The molecule has 0 fully saturated rings. The maximum atomic E-state index is 13.5. The van der Waals surface area contributed by atoms with Crippen LogP contribution < -0.4 is 0 Å². The third-order valence-electron chi connectivity index (χ3n) is 2.23. The summed E-state index contributed by atoms with van der Waals surface area (Å²) in [7, 11) is 0. The highest BCUT2D eigenvalue weighted by Crippen LogP contribution is 2.29. The number of thiazole rings is 1. The minimum absolute atomic E-state index is 0.225. The molecule has 0 aliphatic carbocycles. The summed E-state index contributed by atoms with van der Waals surface area (Å²) in [6.07, 6.45) is 1.54. The van der Waals surface area contributed by atoms with E-state index in [-0.39, 0.29) is 5.82 Å². The van der Waals surface area contributed by atoms with Crippen LogP contribution in [0, 0.1) is 12.7 Å². The quantitative estimate of drug-likeness (QED) is 0.566. The second kappa shape index (κ2) is 2.51. The largest absolute Gasteiger partial charge is 0.269 e. The molecule has 0 unspecified atom stereocenters. The van der Waals surface area contributed by atoms with Crippen molar-refractivity contribution in [1.29, 1.82) is 0 Å². The van der Waals surface area contributed by atoms with Gasteiger partial charge in [-0.1, -0.05) is 17.4 Å². The fraction of sp³-hybridized carbons (Fsp3) is 0.111. The van der Waals surface area contributed by atoms with Gasteiger partial charge in [-0.05, 0) is 18.6 Å². The highest BCUT2D eigenvalue weighted by atomic mass is 32.1. The van der Waals surface area contributed by atoms with Crippen molar-refractivity contribution >= 4 is 26.5 Å². The van der Waals surface area contributed by atoms with E-state index in [1.807, 2.05) is 6.92 Å². The zero-order chi connectivity index (χ0) is 9.71. The molecule has 0 bridgehead atoms. The lowest BCUT2D eigenvalue weighted by Crippen LogP contribution is -1.84. The van der Waals surface area contributed by atoms with Gasteiger partial charge in [-0.15, -0.1) is 10.2 Å². The zero-order valence-electron chi connectivity index (χ0n) is 7.36. The molecular weight excluding hydrogens is 201 g/mol. The Morgan fingerprint density at radius 3 is 3.14 bits per heavy atom. The summed E-state index contributed by atoms with van der Waals surface area (Å²) in [4.78, 5) is 0.730. The van der Waals surface area contributed by atoms with Crippen molar-refractivity contribution in [2.45, 2.75) is 6.92 Å². The molecule has 2 aromatic heterocycles. The van der Waals surface area contributed by atoms with Crippen molar-refractivity contribution in [1.82, 2.24) is 14.6 Å². The molecule has 0 amide bonds. The molecule has 70 valence electrons. The topological polar surface area (TPSA) is 30.2 Å². The van der Waals surface area contributed by atoms with Crippen molar-refractivity contribution in [3.05, 3.63) is 29.8 Å². The van der Waals surface area contributed by atoms with Gasteiger partial charge in [-0.2, -0.15) is 0 Å². The molecule has 0 spiro atoms. The first-order valence-corrected chi connectivity index (χ1v) is 4.96. The fourth-order valence-electron chi connectivity index (χ4n) is 1.54. The summed E-state index contributed by atoms with van der Waals surface area (Å²) >= 11 is 1.46. The molecular formula is C9H6FN3S. The van der Waals surface area contributed by atoms with E-state index >= 15 is 0 Å². The van der Waals surface area contributed by atoms with Crippen LogP contribution in [0.4, 0.5) is 4.39 Å². The van der Waals surface area contributed by atoms with Crippen LogP contribution in [0.1, 0.15) is 5.56 Å². The van der Waals surface area contributed by atoms with Crippen molar-refractivity contribution in [2.24, 2.45) is 0 Å². The normalized spacial score (nSPS) is 11.6. The Morgan fingerprint density at radius 2 is 2.29 bits per heavy atom. The molecule has 5 heteroatoms. The van der Waals surface area contributed by atoms with E-state index in [4.69, 9.17) is 0 Å². The Hall–Kier alpha value is -1.49. The Kier molecular flexibility index (Phi) is 1.41. The van der Waals surface area contributed by atoms with Crippen LogP contribution in [0.25, 0.3) is 15.2 Å². The molecule has 0 N–H and O–H groups in total. The van der Waals surface area contributed by atoms with E-state index in [1.165, 1.54) is 23.7 Å². The molecule has 0 radical (unpaired) electrons. The van der Waals surface area contributed by atoms with Crippen molar-refractivity contribution in [2.75, 3.05) is 0 Å². The molecule has 2 heterocycles. The Morgan fingerprint density at radius 1 is 1.43 bits per heavy atom. The molecule has 0 aliphatic heterocycles. The van der Waals surface area contributed by atoms with Gasteiger partial charge >= 0.3 is 0 Å². The van der Waals surface area contributed by atoms with Crippen molar-refractivity contribution < 1.29 is 4.39 Å². The standard InChI is InChI=1S/C9H6FN3S/c1-5-2-3-6(10)7-8(5)14-9-12-11-4-13(7)9/h2-4H,1H3. The maximum Gasteiger partial charge on any atom is 0.217 e. The van der Waals surface area contributed by atoms with Crippen molar-refractivity contribution in [3.8, 4) is 0 Å². The first-order valence-electron chi connectivity index (χ1n) is 4.15. The Balaban J connectivity index is 2.68. The van der Waals surface area contributed by atoms with Crippen LogP contribution >= 0.6 is 11.3 Å². The van der Waals surface area contributed by atoms with Crippen LogP contribution in [0.3, 0.4) is 0 Å². The smallest absolute Gasteiger partial charge is 0.217 e. The Labute approximate surface area is 82.8 Å². The highest BCUT2D eigenvalue weighted by molar-refractivity contribution is 7.23. The number of nitrogens with zero attached hydrogens (tertiary/aromatic N) is 3. The SMILES string of the molecule is Cc1ccc(F)c2c1sc1nncn12. The molecule has 0 saturated carbocycles. The van der Waals surface area contributed by atoms with Crippen molar-refractivity contribution in [3.63, 3.8) is 0 Å². The molecule has 3 rings (SSSR count). The lowest BCUT2D eigenvalue weighted by Gasteiger charge is -1.96. The van der Waals surface area contributed by atoms with E-state index < -0.39 is 0 Å². The lowest BCUT2D eigenvalue weighted by atomic mass is 10.2. The summed E-state index contributed by atoms with van der Waals surface area (Å²) in [5, 5.41) is 7.64.